The Labute approximate surface area is 145 Å². The number of halogens is 1. The Morgan fingerprint density at radius 3 is 2.92 bits per heavy atom. The van der Waals surface area contributed by atoms with Gasteiger partial charge < -0.3 is 20.2 Å². The molecule has 1 heterocycles. The molecule has 0 fully saturated rings. The summed E-state index contributed by atoms with van der Waals surface area (Å²) in [7, 11) is 1.56. The first-order chi connectivity index (χ1) is 11.5. The Kier molecular flexibility index (Phi) is 6.43. The van der Waals surface area contributed by atoms with Gasteiger partial charge in [0.15, 0.2) is 0 Å². The van der Waals surface area contributed by atoms with Crippen molar-refractivity contribution in [3.8, 4) is 5.75 Å². The second-order valence-corrected chi connectivity index (χ2v) is 5.66. The van der Waals surface area contributed by atoms with Crippen LogP contribution in [0, 0.1) is 0 Å². The van der Waals surface area contributed by atoms with Gasteiger partial charge in [-0.15, -0.1) is 0 Å². The molecular formula is C16H20ClN3O4. The van der Waals surface area contributed by atoms with Crippen molar-refractivity contribution in [1.29, 1.82) is 0 Å². The van der Waals surface area contributed by atoms with E-state index in [1.165, 1.54) is 0 Å². The van der Waals surface area contributed by atoms with Gasteiger partial charge in [0.2, 0.25) is 12.0 Å². The van der Waals surface area contributed by atoms with Crippen LogP contribution < -0.4 is 15.4 Å². The summed E-state index contributed by atoms with van der Waals surface area (Å²) in [5.41, 5.74) is 1.22. The number of ether oxygens (including phenoxy) is 1. The molecule has 0 saturated heterocycles. The molecule has 130 valence electrons. The average molecular weight is 354 g/mol. The van der Waals surface area contributed by atoms with E-state index in [9.17, 15) is 9.59 Å². The lowest BCUT2D eigenvalue weighted by atomic mass is 10.0. The van der Waals surface area contributed by atoms with Gasteiger partial charge in [0, 0.05) is 18.5 Å². The average Bonchev–Trinajstić information content (AvgIpc) is 3.08. The highest BCUT2D eigenvalue weighted by atomic mass is 35.5. The molecule has 1 atom stereocenters. The van der Waals surface area contributed by atoms with Crippen LogP contribution in [0.1, 0.15) is 25.3 Å². The summed E-state index contributed by atoms with van der Waals surface area (Å²) in [4.78, 5) is 28.7. The molecule has 1 unspecified atom stereocenters. The quantitative estimate of drug-likeness (QED) is 0.777. The minimum Gasteiger partial charge on any atom is -0.497 e. The van der Waals surface area contributed by atoms with Gasteiger partial charge in [0.25, 0.3) is 5.91 Å². The zero-order chi connectivity index (χ0) is 17.5. The van der Waals surface area contributed by atoms with Gasteiger partial charge in [-0.2, -0.15) is 0 Å². The van der Waals surface area contributed by atoms with E-state index in [2.05, 4.69) is 15.8 Å². The first kappa shape index (κ1) is 18.1. The van der Waals surface area contributed by atoms with Crippen LogP contribution in [0.2, 0.25) is 5.02 Å². The van der Waals surface area contributed by atoms with Crippen molar-refractivity contribution in [3.05, 3.63) is 28.8 Å². The number of oxime groups is 1. The van der Waals surface area contributed by atoms with Crippen molar-refractivity contribution in [2.45, 2.75) is 25.9 Å². The van der Waals surface area contributed by atoms with Crippen LogP contribution in [0.5, 0.6) is 5.75 Å². The Bertz CT molecular complexity index is 648. The SMILES string of the molecule is CCCNC(=O)CNC(=O)C1CC(c2cc(OC)ccc2Cl)=NO1. The van der Waals surface area contributed by atoms with E-state index in [1.54, 1.807) is 25.3 Å². The number of rotatable bonds is 7. The molecule has 1 aromatic carbocycles. The lowest BCUT2D eigenvalue weighted by molar-refractivity contribution is -0.133. The number of hydrogen-bond donors (Lipinski definition) is 2. The van der Waals surface area contributed by atoms with Crippen molar-refractivity contribution >= 4 is 29.1 Å². The van der Waals surface area contributed by atoms with Crippen LogP contribution in [-0.4, -0.2) is 43.8 Å². The van der Waals surface area contributed by atoms with Crippen LogP contribution in [0.4, 0.5) is 0 Å². The highest BCUT2D eigenvalue weighted by Crippen LogP contribution is 2.26. The van der Waals surface area contributed by atoms with Crippen LogP contribution in [0.15, 0.2) is 23.4 Å². The third-order valence-corrected chi connectivity index (χ3v) is 3.77. The molecule has 0 spiro atoms. The smallest absolute Gasteiger partial charge is 0.264 e. The minimum absolute atomic E-state index is 0.0893. The molecule has 0 aromatic heterocycles. The summed E-state index contributed by atoms with van der Waals surface area (Å²) in [6.45, 7) is 2.44. The molecule has 2 amide bonds. The fourth-order valence-electron chi connectivity index (χ4n) is 2.14. The van der Waals surface area contributed by atoms with Crippen LogP contribution in [-0.2, 0) is 14.4 Å². The predicted octanol–water partition coefficient (Wildman–Crippen LogP) is 1.48. The maximum atomic E-state index is 12.1. The second kappa shape index (κ2) is 8.54. The Morgan fingerprint density at radius 2 is 2.21 bits per heavy atom. The van der Waals surface area contributed by atoms with Crippen molar-refractivity contribution in [3.63, 3.8) is 0 Å². The van der Waals surface area contributed by atoms with Crippen molar-refractivity contribution < 1.29 is 19.2 Å². The summed E-state index contributed by atoms with van der Waals surface area (Å²) in [6, 6.07) is 5.17. The summed E-state index contributed by atoms with van der Waals surface area (Å²) in [5, 5.41) is 9.65. The fourth-order valence-corrected chi connectivity index (χ4v) is 2.36. The predicted molar refractivity (Wildman–Crippen MR) is 90.3 cm³/mol. The number of nitrogens with zero attached hydrogens (tertiary/aromatic N) is 1. The van der Waals surface area contributed by atoms with E-state index < -0.39 is 6.10 Å². The maximum absolute atomic E-state index is 12.1. The molecule has 24 heavy (non-hydrogen) atoms. The fraction of sp³-hybridized carbons (Fsp3) is 0.438. The molecule has 1 aliphatic heterocycles. The van der Waals surface area contributed by atoms with Gasteiger partial charge in [-0.3, -0.25) is 9.59 Å². The maximum Gasteiger partial charge on any atom is 0.264 e. The topological polar surface area (TPSA) is 89.0 Å². The van der Waals surface area contributed by atoms with Crippen molar-refractivity contribution in [1.82, 2.24) is 10.6 Å². The van der Waals surface area contributed by atoms with Gasteiger partial charge in [-0.25, -0.2) is 0 Å². The highest BCUT2D eigenvalue weighted by molar-refractivity contribution is 6.34. The molecule has 2 N–H and O–H groups in total. The number of benzene rings is 1. The number of carbonyl (C=O) groups is 2. The number of carbonyl (C=O) groups excluding carboxylic acids is 2. The van der Waals surface area contributed by atoms with Gasteiger partial charge in [-0.05, 0) is 24.6 Å². The van der Waals surface area contributed by atoms with E-state index in [4.69, 9.17) is 21.2 Å². The van der Waals surface area contributed by atoms with Gasteiger partial charge in [0.1, 0.15) is 5.75 Å². The highest BCUT2D eigenvalue weighted by Gasteiger charge is 2.30. The van der Waals surface area contributed by atoms with Crippen molar-refractivity contribution in [2.75, 3.05) is 20.2 Å². The molecule has 0 saturated carbocycles. The zero-order valence-corrected chi connectivity index (χ0v) is 14.4. The number of nitrogens with one attached hydrogen (secondary N) is 2. The monoisotopic (exact) mass is 353 g/mol. The molecule has 0 radical (unpaired) electrons. The minimum atomic E-state index is -0.777. The third kappa shape index (κ3) is 4.61. The number of methoxy groups -OCH3 is 1. The van der Waals surface area contributed by atoms with Crippen molar-refractivity contribution in [2.24, 2.45) is 5.16 Å². The normalized spacial score (nSPS) is 16.1. The van der Waals surface area contributed by atoms with Crippen LogP contribution >= 0.6 is 11.6 Å². The zero-order valence-electron chi connectivity index (χ0n) is 13.6. The number of amides is 2. The van der Waals surface area contributed by atoms with Gasteiger partial charge in [-0.1, -0.05) is 23.7 Å². The van der Waals surface area contributed by atoms with E-state index in [-0.39, 0.29) is 24.8 Å². The van der Waals surface area contributed by atoms with Gasteiger partial charge in [0.05, 0.1) is 24.4 Å². The molecule has 8 heteroatoms. The summed E-state index contributed by atoms with van der Waals surface area (Å²) in [6.07, 6.45) is 0.334. The first-order valence-electron chi connectivity index (χ1n) is 7.66. The standard InChI is InChI=1S/C16H20ClN3O4/c1-3-6-18-15(21)9-19-16(22)14-8-13(20-24-14)11-7-10(23-2)4-5-12(11)17/h4-5,7,14H,3,6,8-9H2,1-2H3,(H,18,21)(H,19,22). The molecular weight excluding hydrogens is 334 g/mol. The summed E-state index contributed by atoms with van der Waals surface area (Å²) >= 11 is 6.17. The third-order valence-electron chi connectivity index (χ3n) is 3.44. The van der Waals surface area contributed by atoms with Crippen LogP contribution in [0.3, 0.4) is 0 Å². The van der Waals surface area contributed by atoms with E-state index >= 15 is 0 Å². The number of hydrogen-bond acceptors (Lipinski definition) is 5. The van der Waals surface area contributed by atoms with E-state index in [0.717, 1.165) is 6.42 Å². The second-order valence-electron chi connectivity index (χ2n) is 5.25. The lowest BCUT2D eigenvalue weighted by Gasteiger charge is -2.10. The Balaban J connectivity index is 1.90. The Morgan fingerprint density at radius 1 is 1.42 bits per heavy atom. The van der Waals surface area contributed by atoms with Crippen LogP contribution in [0.25, 0.3) is 0 Å². The Hall–Kier alpha value is -2.28. The summed E-state index contributed by atoms with van der Waals surface area (Å²) < 4.78 is 5.16. The molecule has 1 aliphatic rings. The molecule has 1 aromatic rings. The lowest BCUT2D eigenvalue weighted by Crippen LogP contribution is -2.41. The first-order valence-corrected chi connectivity index (χ1v) is 8.04. The van der Waals surface area contributed by atoms with Gasteiger partial charge >= 0.3 is 0 Å². The molecule has 0 aliphatic carbocycles. The molecule has 2 rings (SSSR count). The van der Waals surface area contributed by atoms with E-state index in [1.807, 2.05) is 6.92 Å². The molecule has 0 bridgehead atoms. The largest absolute Gasteiger partial charge is 0.497 e. The summed E-state index contributed by atoms with van der Waals surface area (Å²) in [5.74, 6) is 0.0113. The van der Waals surface area contributed by atoms with E-state index in [0.29, 0.717) is 28.6 Å². The molecule has 7 nitrogen and oxygen atoms in total.